The average Bonchev–Trinajstić information content (AvgIpc) is 2.99. The Morgan fingerprint density at radius 3 is 2.61 bits per heavy atom. The Bertz CT molecular complexity index is 599. The molecule has 0 saturated heterocycles. The van der Waals surface area contributed by atoms with Crippen LogP contribution >= 0.6 is 0 Å². The molecule has 0 radical (unpaired) electrons. The molecule has 3 heteroatoms. The summed E-state index contributed by atoms with van der Waals surface area (Å²) in [7, 11) is 0. The molecule has 0 aromatic carbocycles. The summed E-state index contributed by atoms with van der Waals surface area (Å²) in [6.45, 7) is 11.9. The van der Waals surface area contributed by atoms with Crippen LogP contribution in [0.1, 0.15) is 86.0 Å². The minimum atomic E-state index is -0.156. The molecule has 3 nitrogen and oxygen atoms in total. The molecular weight excluding hydrogens is 348 g/mol. The molecule has 0 aliphatic heterocycles. The smallest absolute Gasteiger partial charge is 0.155 e. The maximum atomic E-state index is 10.4. The zero-order valence-corrected chi connectivity index (χ0v) is 18.7. The predicted molar refractivity (Wildman–Crippen MR) is 113 cm³/mol. The Kier molecular flexibility index (Phi) is 5.74. The van der Waals surface area contributed by atoms with E-state index in [0.717, 1.165) is 30.6 Å². The van der Waals surface area contributed by atoms with Gasteiger partial charge in [0.25, 0.3) is 0 Å². The summed E-state index contributed by atoms with van der Waals surface area (Å²) in [4.78, 5) is 0. The van der Waals surface area contributed by atoms with Crippen LogP contribution in [0.4, 0.5) is 0 Å². The molecule has 160 valence electrons. The van der Waals surface area contributed by atoms with Crippen LogP contribution in [-0.4, -0.2) is 30.2 Å². The van der Waals surface area contributed by atoms with Gasteiger partial charge in [-0.2, -0.15) is 0 Å². The van der Waals surface area contributed by atoms with Crippen LogP contribution in [0.5, 0.6) is 0 Å². The van der Waals surface area contributed by atoms with Crippen LogP contribution in [0.15, 0.2) is 11.6 Å². The van der Waals surface area contributed by atoms with Crippen molar-refractivity contribution in [1.29, 1.82) is 0 Å². The topological polar surface area (TPSA) is 38.7 Å². The lowest BCUT2D eigenvalue weighted by atomic mass is 9.47. The molecule has 28 heavy (non-hydrogen) atoms. The van der Waals surface area contributed by atoms with Crippen LogP contribution in [-0.2, 0) is 9.47 Å². The summed E-state index contributed by atoms with van der Waals surface area (Å²) in [5.41, 5.74) is 2.38. The molecule has 0 aromatic rings. The number of aliphatic hydroxyl groups is 1. The SMILES string of the molecule is CCOC(C)O[C@H]1CC[C@]2(C)C(=CC[C@H]3[C@@H]4CC[C@H]([C@H](C)O)[C@@]4(C)CC[C@@H]32)C1. The number of hydrogen-bond donors (Lipinski definition) is 1. The number of hydrogen-bond acceptors (Lipinski definition) is 3. The number of ether oxygens (including phenoxy) is 2. The third kappa shape index (κ3) is 3.30. The summed E-state index contributed by atoms with van der Waals surface area (Å²) >= 11 is 0. The van der Waals surface area contributed by atoms with E-state index in [1.807, 2.05) is 20.8 Å². The first-order chi connectivity index (χ1) is 13.3. The fourth-order valence-corrected chi connectivity index (χ4v) is 8.12. The summed E-state index contributed by atoms with van der Waals surface area (Å²) < 4.78 is 11.8. The monoisotopic (exact) mass is 390 g/mol. The van der Waals surface area contributed by atoms with Gasteiger partial charge in [0.1, 0.15) is 0 Å². The van der Waals surface area contributed by atoms with Crippen molar-refractivity contribution in [2.24, 2.45) is 34.5 Å². The second kappa shape index (κ2) is 7.71. The van der Waals surface area contributed by atoms with Crippen LogP contribution in [0, 0.1) is 34.5 Å². The predicted octanol–water partition coefficient (Wildman–Crippen LogP) is 5.71. The second-order valence-electron chi connectivity index (χ2n) is 10.8. The quantitative estimate of drug-likeness (QED) is 0.482. The van der Waals surface area contributed by atoms with E-state index in [1.54, 1.807) is 5.57 Å². The van der Waals surface area contributed by atoms with Crippen LogP contribution < -0.4 is 0 Å². The number of aliphatic hydroxyl groups excluding tert-OH is 1. The first kappa shape index (κ1) is 20.9. The van der Waals surface area contributed by atoms with Gasteiger partial charge >= 0.3 is 0 Å². The highest BCUT2D eigenvalue weighted by Crippen LogP contribution is 2.66. The van der Waals surface area contributed by atoms with Crippen molar-refractivity contribution in [3.63, 3.8) is 0 Å². The molecule has 0 heterocycles. The van der Waals surface area contributed by atoms with Gasteiger partial charge in [-0.15, -0.1) is 0 Å². The van der Waals surface area contributed by atoms with Gasteiger partial charge in [-0.05, 0) is 107 Å². The van der Waals surface area contributed by atoms with Gasteiger partial charge in [-0.3, -0.25) is 0 Å². The van der Waals surface area contributed by atoms with Crippen LogP contribution in [0.2, 0.25) is 0 Å². The summed E-state index contributed by atoms with van der Waals surface area (Å²) in [5.74, 6) is 2.94. The molecule has 3 saturated carbocycles. The number of fused-ring (bicyclic) bond motifs is 5. The lowest BCUT2D eigenvalue weighted by Gasteiger charge is -2.58. The van der Waals surface area contributed by atoms with Gasteiger partial charge in [-0.1, -0.05) is 25.5 Å². The van der Waals surface area contributed by atoms with Gasteiger partial charge in [0, 0.05) is 6.61 Å². The largest absolute Gasteiger partial charge is 0.393 e. The first-order valence-corrected chi connectivity index (χ1v) is 11.9. The maximum absolute atomic E-state index is 10.4. The molecule has 4 aliphatic rings. The third-order valence-electron chi connectivity index (χ3n) is 9.50. The number of rotatable bonds is 5. The van der Waals surface area contributed by atoms with Crippen molar-refractivity contribution in [1.82, 2.24) is 0 Å². The van der Waals surface area contributed by atoms with Gasteiger partial charge in [0.15, 0.2) is 6.29 Å². The second-order valence-corrected chi connectivity index (χ2v) is 10.8. The van der Waals surface area contributed by atoms with Crippen molar-refractivity contribution in [3.8, 4) is 0 Å². The van der Waals surface area contributed by atoms with E-state index in [1.165, 1.54) is 38.5 Å². The van der Waals surface area contributed by atoms with Crippen molar-refractivity contribution < 1.29 is 14.6 Å². The minimum absolute atomic E-state index is 0.0948. The van der Waals surface area contributed by atoms with Gasteiger partial charge in [0.2, 0.25) is 0 Å². The maximum Gasteiger partial charge on any atom is 0.155 e. The molecule has 4 rings (SSSR count). The molecule has 0 aromatic heterocycles. The molecule has 3 fully saturated rings. The Morgan fingerprint density at radius 2 is 1.89 bits per heavy atom. The minimum Gasteiger partial charge on any atom is -0.393 e. The summed E-state index contributed by atoms with van der Waals surface area (Å²) in [5, 5.41) is 10.4. The Morgan fingerprint density at radius 1 is 1.11 bits per heavy atom. The van der Waals surface area contributed by atoms with Crippen molar-refractivity contribution >= 4 is 0 Å². The van der Waals surface area contributed by atoms with Gasteiger partial charge in [0.05, 0.1) is 12.2 Å². The lowest BCUT2D eigenvalue weighted by molar-refractivity contribution is -0.167. The molecule has 4 aliphatic carbocycles. The summed E-state index contributed by atoms with van der Waals surface area (Å²) in [6.07, 6.45) is 12.6. The standard InChI is InChI=1S/C25H42O3/c1-6-27-17(3)28-19-11-13-24(4)18(15-19)7-8-20-22-10-9-21(16(2)26)25(22,5)14-12-23(20)24/h7,16-17,19-23,26H,6,8-15H2,1-5H3/t16-,17?,19-,20-,21+,22-,23-,24+,25+/m0/s1. The lowest BCUT2D eigenvalue weighted by Crippen LogP contribution is -2.51. The first-order valence-electron chi connectivity index (χ1n) is 11.9. The Hall–Kier alpha value is -0.380. The highest BCUT2D eigenvalue weighted by Gasteiger charge is 2.59. The zero-order valence-electron chi connectivity index (χ0n) is 18.7. The fourth-order valence-electron chi connectivity index (χ4n) is 8.12. The van der Waals surface area contributed by atoms with Crippen molar-refractivity contribution in [2.75, 3.05) is 6.61 Å². The Labute approximate surface area is 172 Å². The van der Waals surface area contributed by atoms with E-state index in [2.05, 4.69) is 19.9 Å². The van der Waals surface area contributed by atoms with E-state index < -0.39 is 0 Å². The fraction of sp³-hybridized carbons (Fsp3) is 0.920. The molecule has 1 N–H and O–H groups in total. The van der Waals surface area contributed by atoms with Crippen LogP contribution in [0.3, 0.4) is 0 Å². The van der Waals surface area contributed by atoms with Crippen molar-refractivity contribution in [3.05, 3.63) is 11.6 Å². The van der Waals surface area contributed by atoms with Gasteiger partial charge in [-0.25, -0.2) is 0 Å². The van der Waals surface area contributed by atoms with E-state index in [0.29, 0.717) is 29.5 Å². The molecule has 0 spiro atoms. The van der Waals surface area contributed by atoms with Crippen LogP contribution in [0.25, 0.3) is 0 Å². The van der Waals surface area contributed by atoms with Crippen molar-refractivity contribution in [2.45, 2.75) is 104 Å². The average molecular weight is 391 g/mol. The molecule has 1 unspecified atom stereocenters. The number of allylic oxidation sites excluding steroid dienone is 1. The normalized spacial score (nSPS) is 47.5. The highest BCUT2D eigenvalue weighted by molar-refractivity contribution is 5.25. The van der Waals surface area contributed by atoms with E-state index in [-0.39, 0.29) is 12.4 Å². The third-order valence-corrected chi connectivity index (χ3v) is 9.50. The van der Waals surface area contributed by atoms with E-state index in [9.17, 15) is 5.11 Å². The zero-order chi connectivity index (χ0) is 20.1. The molecule has 0 bridgehead atoms. The molecular formula is C25H42O3. The van der Waals surface area contributed by atoms with E-state index in [4.69, 9.17) is 9.47 Å². The van der Waals surface area contributed by atoms with E-state index >= 15 is 0 Å². The molecule has 0 amide bonds. The Balaban J connectivity index is 1.51. The van der Waals surface area contributed by atoms with Gasteiger partial charge < -0.3 is 14.6 Å². The molecule has 9 atom stereocenters. The summed E-state index contributed by atoms with van der Waals surface area (Å²) in [6, 6.07) is 0. The highest BCUT2D eigenvalue weighted by atomic mass is 16.7.